The minimum absolute atomic E-state index is 0.0677. The van der Waals surface area contributed by atoms with Crippen LogP contribution in [0.1, 0.15) is 50.0 Å². The van der Waals surface area contributed by atoms with E-state index in [0.717, 1.165) is 61.7 Å². The van der Waals surface area contributed by atoms with E-state index < -0.39 is 17.5 Å². The molecule has 1 aromatic heterocycles. The third-order valence-corrected chi connectivity index (χ3v) is 7.83. The van der Waals surface area contributed by atoms with E-state index in [1.165, 1.54) is 6.07 Å². The van der Waals surface area contributed by atoms with Crippen molar-refractivity contribution in [1.82, 2.24) is 20.1 Å². The molecule has 0 radical (unpaired) electrons. The normalized spacial score (nSPS) is 19.8. The molecule has 38 heavy (non-hydrogen) atoms. The molecule has 3 unspecified atom stereocenters. The lowest BCUT2D eigenvalue weighted by Gasteiger charge is -2.25. The van der Waals surface area contributed by atoms with Gasteiger partial charge in [0.05, 0.1) is 17.3 Å². The number of carbonyl (C=O) groups excluding carboxylic acids is 2. The smallest absolute Gasteiger partial charge is 0.255 e. The van der Waals surface area contributed by atoms with Gasteiger partial charge in [-0.25, -0.2) is 8.78 Å². The molecule has 3 heterocycles. The average Bonchev–Trinajstić information content (AvgIpc) is 3.47. The molecule has 2 aliphatic rings. The molecule has 198 valence electrons. The minimum atomic E-state index is -1.04. The van der Waals surface area contributed by atoms with Crippen LogP contribution < -0.4 is 5.32 Å². The topological polar surface area (TPSA) is 65.5 Å². The van der Waals surface area contributed by atoms with Gasteiger partial charge in [-0.3, -0.25) is 14.6 Å². The highest BCUT2D eigenvalue weighted by atomic mass is 19.2. The van der Waals surface area contributed by atoms with Crippen LogP contribution in [0.2, 0.25) is 0 Å². The van der Waals surface area contributed by atoms with Crippen molar-refractivity contribution < 1.29 is 18.4 Å². The van der Waals surface area contributed by atoms with Crippen LogP contribution in [0.15, 0.2) is 60.8 Å². The molecule has 8 heteroatoms. The molecule has 2 fully saturated rings. The van der Waals surface area contributed by atoms with Gasteiger partial charge in [0.15, 0.2) is 11.6 Å². The summed E-state index contributed by atoms with van der Waals surface area (Å²) in [5.74, 6) is -1.55. The molecule has 6 nitrogen and oxygen atoms in total. The molecular formula is C30H32F2N4O2. The third-order valence-electron chi connectivity index (χ3n) is 7.83. The third kappa shape index (κ3) is 5.45. The summed E-state index contributed by atoms with van der Waals surface area (Å²) in [5, 5.41) is 3.01. The summed E-state index contributed by atoms with van der Waals surface area (Å²) in [4.78, 5) is 34.8. The van der Waals surface area contributed by atoms with Crippen molar-refractivity contribution in [3.63, 3.8) is 0 Å². The zero-order valence-electron chi connectivity index (χ0n) is 21.7. The summed E-state index contributed by atoms with van der Waals surface area (Å²) in [6.07, 6.45) is 2.41. The maximum Gasteiger partial charge on any atom is 0.255 e. The summed E-state index contributed by atoms with van der Waals surface area (Å²) in [7, 11) is 0. The maximum absolute atomic E-state index is 13.7. The highest BCUT2D eigenvalue weighted by molar-refractivity contribution is 5.97. The first-order valence-corrected chi connectivity index (χ1v) is 13.0. The Morgan fingerprint density at radius 1 is 0.974 bits per heavy atom. The standard InChI is InChI=1S/C30H32F2N4O2/c1-19-10-12-33-20(2)28(19)30(38)36-17-23-15-35(16-24(23)18-36)13-11-27(21-6-4-3-5-7-21)34-29(37)22-8-9-25(31)26(32)14-22/h3-10,12,14,23-24,27H,11,13,15-18H2,1-2H3,(H,34,37). The number of pyridine rings is 1. The van der Waals surface area contributed by atoms with Crippen LogP contribution in [0.3, 0.4) is 0 Å². The Kier molecular flexibility index (Phi) is 7.51. The van der Waals surface area contributed by atoms with Crippen LogP contribution in [0.4, 0.5) is 8.78 Å². The van der Waals surface area contributed by atoms with Gasteiger partial charge >= 0.3 is 0 Å². The van der Waals surface area contributed by atoms with Gasteiger partial charge in [-0.05, 0) is 67.5 Å². The van der Waals surface area contributed by atoms with E-state index in [0.29, 0.717) is 23.8 Å². The number of benzene rings is 2. The van der Waals surface area contributed by atoms with E-state index in [9.17, 15) is 18.4 Å². The second kappa shape index (κ2) is 11.0. The van der Waals surface area contributed by atoms with Crippen LogP contribution >= 0.6 is 0 Å². The number of fused-ring (bicyclic) bond motifs is 1. The monoisotopic (exact) mass is 518 g/mol. The molecule has 0 bridgehead atoms. The SMILES string of the molecule is Cc1ccnc(C)c1C(=O)N1CC2CN(CCC(NC(=O)c3ccc(F)c(F)c3)c3ccccc3)CC2C1. The van der Waals surface area contributed by atoms with Crippen molar-refractivity contribution in [3.05, 3.63) is 100 Å². The van der Waals surface area contributed by atoms with Gasteiger partial charge in [0.25, 0.3) is 11.8 Å². The summed E-state index contributed by atoms with van der Waals surface area (Å²) >= 11 is 0. The molecule has 0 spiro atoms. The van der Waals surface area contributed by atoms with E-state index in [1.54, 1.807) is 6.20 Å². The molecular weight excluding hydrogens is 486 g/mol. The van der Waals surface area contributed by atoms with Gasteiger partial charge in [0.2, 0.25) is 0 Å². The van der Waals surface area contributed by atoms with E-state index >= 15 is 0 Å². The number of halogens is 2. The molecule has 2 amide bonds. The fourth-order valence-corrected chi connectivity index (χ4v) is 5.81. The van der Waals surface area contributed by atoms with E-state index in [1.807, 2.05) is 55.1 Å². The Morgan fingerprint density at radius 2 is 1.68 bits per heavy atom. The lowest BCUT2D eigenvalue weighted by atomic mass is 10.0. The number of nitrogens with zero attached hydrogens (tertiary/aromatic N) is 3. The summed E-state index contributed by atoms with van der Waals surface area (Å²) < 4.78 is 27.0. The van der Waals surface area contributed by atoms with Crippen LogP contribution in [0.5, 0.6) is 0 Å². The quantitative estimate of drug-likeness (QED) is 0.499. The number of aromatic nitrogens is 1. The number of carbonyl (C=O) groups is 2. The predicted octanol–water partition coefficient (Wildman–Crippen LogP) is 4.54. The number of nitrogens with one attached hydrogen (secondary N) is 1. The van der Waals surface area contributed by atoms with Gasteiger partial charge in [-0.1, -0.05) is 30.3 Å². The van der Waals surface area contributed by atoms with Crippen molar-refractivity contribution in [2.45, 2.75) is 26.3 Å². The fraction of sp³-hybridized carbons (Fsp3) is 0.367. The largest absolute Gasteiger partial charge is 0.345 e. The van der Waals surface area contributed by atoms with Gasteiger partial charge in [0, 0.05) is 44.5 Å². The van der Waals surface area contributed by atoms with Gasteiger partial charge in [-0.15, -0.1) is 0 Å². The molecule has 2 aliphatic heterocycles. The number of likely N-dealkylation sites (tertiary alicyclic amines) is 2. The molecule has 2 saturated heterocycles. The molecule has 0 aliphatic carbocycles. The highest BCUT2D eigenvalue weighted by Gasteiger charge is 2.42. The van der Waals surface area contributed by atoms with Gasteiger partial charge in [-0.2, -0.15) is 0 Å². The van der Waals surface area contributed by atoms with Crippen molar-refractivity contribution >= 4 is 11.8 Å². The Morgan fingerprint density at radius 3 is 2.34 bits per heavy atom. The van der Waals surface area contributed by atoms with Crippen molar-refractivity contribution in [3.8, 4) is 0 Å². The highest BCUT2D eigenvalue weighted by Crippen LogP contribution is 2.33. The van der Waals surface area contributed by atoms with Crippen LogP contribution in [0.25, 0.3) is 0 Å². The summed E-state index contributed by atoms with van der Waals surface area (Å²) in [5.41, 5.74) is 3.49. The Labute approximate surface area is 221 Å². The lowest BCUT2D eigenvalue weighted by molar-refractivity contribution is 0.0772. The average molecular weight is 519 g/mol. The van der Waals surface area contributed by atoms with Gasteiger partial charge in [0.1, 0.15) is 0 Å². The molecule has 3 atom stereocenters. The summed E-state index contributed by atoms with van der Waals surface area (Å²) in [6.45, 7) is 7.89. The molecule has 0 saturated carbocycles. The maximum atomic E-state index is 13.7. The van der Waals surface area contributed by atoms with Crippen molar-refractivity contribution in [2.24, 2.45) is 11.8 Å². The number of amides is 2. The van der Waals surface area contributed by atoms with Crippen LogP contribution in [-0.4, -0.2) is 59.3 Å². The number of hydrogen-bond acceptors (Lipinski definition) is 4. The predicted molar refractivity (Wildman–Crippen MR) is 141 cm³/mol. The molecule has 1 N–H and O–H groups in total. The Bertz CT molecular complexity index is 1300. The second-order valence-corrected chi connectivity index (χ2v) is 10.4. The number of aryl methyl sites for hydroxylation is 2. The van der Waals surface area contributed by atoms with E-state index in [4.69, 9.17) is 0 Å². The van der Waals surface area contributed by atoms with Crippen molar-refractivity contribution in [1.29, 1.82) is 0 Å². The van der Waals surface area contributed by atoms with Crippen LogP contribution in [0, 0.1) is 37.3 Å². The first kappa shape index (κ1) is 26.0. The van der Waals surface area contributed by atoms with Gasteiger partial charge < -0.3 is 15.1 Å². The van der Waals surface area contributed by atoms with Crippen molar-refractivity contribution in [2.75, 3.05) is 32.7 Å². The Balaban J connectivity index is 1.20. The first-order chi connectivity index (χ1) is 18.3. The molecule has 2 aromatic carbocycles. The minimum Gasteiger partial charge on any atom is -0.345 e. The summed E-state index contributed by atoms with van der Waals surface area (Å²) in [6, 6.07) is 14.5. The Hall–Kier alpha value is -3.65. The number of hydrogen-bond donors (Lipinski definition) is 1. The second-order valence-electron chi connectivity index (χ2n) is 10.4. The lowest BCUT2D eigenvalue weighted by Crippen LogP contribution is -2.35. The molecule has 3 aromatic rings. The van der Waals surface area contributed by atoms with E-state index in [-0.39, 0.29) is 17.5 Å². The number of rotatable bonds is 7. The fourth-order valence-electron chi connectivity index (χ4n) is 5.81. The first-order valence-electron chi connectivity index (χ1n) is 13.0. The molecule has 5 rings (SSSR count). The van der Waals surface area contributed by atoms with Crippen LogP contribution in [-0.2, 0) is 0 Å². The van der Waals surface area contributed by atoms with E-state index in [2.05, 4.69) is 15.2 Å². The zero-order valence-corrected chi connectivity index (χ0v) is 21.7. The zero-order chi connectivity index (χ0) is 26.8.